The highest BCUT2D eigenvalue weighted by atomic mass is 16.5. The first-order valence-corrected chi connectivity index (χ1v) is 10.6. The molecule has 0 aliphatic heterocycles. The molecule has 0 saturated carbocycles. The summed E-state index contributed by atoms with van der Waals surface area (Å²) in [4.78, 5) is 25.8. The molecule has 0 bridgehead atoms. The van der Waals surface area contributed by atoms with Crippen LogP contribution in [-0.2, 0) is 4.74 Å². The molecule has 30 heavy (non-hydrogen) atoms. The number of hydrogen-bond acceptors (Lipinski definition) is 4. The third kappa shape index (κ3) is 5.23. The van der Waals surface area contributed by atoms with Crippen molar-refractivity contribution < 1.29 is 14.3 Å². The van der Waals surface area contributed by atoms with E-state index in [9.17, 15) is 9.59 Å². The van der Waals surface area contributed by atoms with Gasteiger partial charge in [0.15, 0.2) is 5.78 Å². The zero-order valence-corrected chi connectivity index (χ0v) is 17.6. The number of benzene rings is 2. The van der Waals surface area contributed by atoms with Crippen LogP contribution in [0, 0.1) is 0 Å². The molecule has 2 aromatic carbocycles. The van der Waals surface area contributed by atoms with Gasteiger partial charge in [-0.2, -0.15) is 0 Å². The molecule has 1 amide bonds. The number of ether oxygens (including phenoxy) is 1. The number of nitrogens with one attached hydrogen (secondary N) is 1. The van der Waals surface area contributed by atoms with Crippen molar-refractivity contribution >= 4 is 11.7 Å². The lowest BCUT2D eigenvalue weighted by molar-refractivity contribution is -0.0160. The van der Waals surface area contributed by atoms with Crippen molar-refractivity contribution in [3.63, 3.8) is 0 Å². The fraction of sp³-hybridized carbons (Fsp3) is 0.360. The average Bonchev–Trinajstić information content (AvgIpc) is 2.79. The minimum atomic E-state index is -0.464. The van der Waals surface area contributed by atoms with Gasteiger partial charge in [0, 0.05) is 22.7 Å². The minimum absolute atomic E-state index is 0.0285. The molecule has 0 radical (unpaired) electrons. The zero-order valence-electron chi connectivity index (χ0n) is 17.6. The van der Waals surface area contributed by atoms with Gasteiger partial charge in [-0.1, -0.05) is 62.4 Å². The van der Waals surface area contributed by atoms with E-state index in [4.69, 9.17) is 10.5 Å². The molecular formula is C25H30N2O3. The summed E-state index contributed by atoms with van der Waals surface area (Å²) in [5.41, 5.74) is 8.31. The molecule has 3 atom stereocenters. The van der Waals surface area contributed by atoms with Crippen LogP contribution < -0.4 is 11.1 Å². The van der Waals surface area contributed by atoms with Crippen LogP contribution in [0.2, 0.25) is 0 Å². The van der Waals surface area contributed by atoms with Gasteiger partial charge in [-0.25, -0.2) is 0 Å². The van der Waals surface area contributed by atoms with Crippen molar-refractivity contribution in [2.75, 3.05) is 0 Å². The Morgan fingerprint density at radius 1 is 1.00 bits per heavy atom. The number of carbonyl (C=O) groups is 2. The van der Waals surface area contributed by atoms with Crippen molar-refractivity contribution in [1.82, 2.24) is 5.32 Å². The SMILES string of the molecule is CCC(CC)O[C@@H]1C=C(C(=O)c2ccccc2)C[C@H](N)[C@H]1NC(=O)c1ccccc1. The summed E-state index contributed by atoms with van der Waals surface area (Å²) < 4.78 is 6.30. The maximum absolute atomic E-state index is 13.0. The smallest absolute Gasteiger partial charge is 0.251 e. The van der Waals surface area contributed by atoms with Crippen LogP contribution in [0.5, 0.6) is 0 Å². The first-order chi connectivity index (χ1) is 14.5. The van der Waals surface area contributed by atoms with E-state index in [1.165, 1.54) is 0 Å². The van der Waals surface area contributed by atoms with E-state index in [-0.39, 0.29) is 17.8 Å². The zero-order chi connectivity index (χ0) is 21.5. The lowest BCUT2D eigenvalue weighted by Gasteiger charge is -2.37. The second-order valence-electron chi connectivity index (χ2n) is 7.66. The highest BCUT2D eigenvalue weighted by Crippen LogP contribution is 2.26. The quantitative estimate of drug-likeness (QED) is 0.652. The molecule has 0 heterocycles. The molecule has 2 aromatic rings. The summed E-state index contributed by atoms with van der Waals surface area (Å²) >= 11 is 0. The molecular weight excluding hydrogens is 376 g/mol. The Bertz CT molecular complexity index is 876. The molecule has 158 valence electrons. The second kappa shape index (κ2) is 10.3. The lowest BCUT2D eigenvalue weighted by atomic mass is 9.85. The lowest BCUT2D eigenvalue weighted by Crippen LogP contribution is -2.57. The fourth-order valence-corrected chi connectivity index (χ4v) is 3.78. The monoisotopic (exact) mass is 406 g/mol. The van der Waals surface area contributed by atoms with E-state index >= 15 is 0 Å². The standard InChI is InChI=1S/C25H30N2O3/c1-3-20(4-2)30-22-16-19(24(28)17-11-7-5-8-12-17)15-21(26)23(22)27-25(29)18-13-9-6-10-14-18/h5-14,16,20-23H,3-4,15,26H2,1-2H3,(H,27,29)/t21-,22+,23+/m0/s1. The van der Waals surface area contributed by atoms with Gasteiger partial charge in [-0.15, -0.1) is 0 Å². The molecule has 0 unspecified atom stereocenters. The summed E-state index contributed by atoms with van der Waals surface area (Å²) in [7, 11) is 0. The average molecular weight is 407 g/mol. The fourth-order valence-electron chi connectivity index (χ4n) is 3.78. The molecule has 0 spiro atoms. The van der Waals surface area contributed by atoms with Crippen molar-refractivity contribution in [3.8, 4) is 0 Å². The Morgan fingerprint density at radius 2 is 1.57 bits per heavy atom. The molecule has 1 aliphatic rings. The molecule has 5 heteroatoms. The van der Waals surface area contributed by atoms with Crippen LogP contribution in [0.4, 0.5) is 0 Å². The highest BCUT2D eigenvalue weighted by molar-refractivity contribution is 6.09. The largest absolute Gasteiger partial charge is 0.369 e. The van der Waals surface area contributed by atoms with E-state index in [1.807, 2.05) is 42.5 Å². The number of nitrogens with two attached hydrogens (primary N) is 1. The Kier molecular flexibility index (Phi) is 7.55. The van der Waals surface area contributed by atoms with Gasteiger partial charge in [-0.05, 0) is 37.5 Å². The minimum Gasteiger partial charge on any atom is -0.369 e. The van der Waals surface area contributed by atoms with E-state index in [0.717, 1.165) is 12.8 Å². The van der Waals surface area contributed by atoms with Crippen LogP contribution in [0.1, 0.15) is 53.8 Å². The predicted octanol–water partition coefficient (Wildman–Crippen LogP) is 3.90. The Morgan fingerprint density at radius 3 is 2.13 bits per heavy atom. The van der Waals surface area contributed by atoms with E-state index in [0.29, 0.717) is 23.1 Å². The van der Waals surface area contributed by atoms with Crippen LogP contribution in [0.25, 0.3) is 0 Å². The highest BCUT2D eigenvalue weighted by Gasteiger charge is 2.36. The van der Waals surface area contributed by atoms with Crippen LogP contribution >= 0.6 is 0 Å². The summed E-state index contributed by atoms with van der Waals surface area (Å²) in [5.74, 6) is -0.238. The summed E-state index contributed by atoms with van der Waals surface area (Å²) in [6, 6.07) is 17.4. The van der Waals surface area contributed by atoms with Crippen LogP contribution in [0.3, 0.4) is 0 Å². The topological polar surface area (TPSA) is 81.4 Å². The third-order valence-electron chi connectivity index (χ3n) is 5.56. The van der Waals surface area contributed by atoms with Gasteiger partial charge in [0.25, 0.3) is 5.91 Å². The van der Waals surface area contributed by atoms with Crippen LogP contribution in [-0.4, -0.2) is 36.0 Å². The van der Waals surface area contributed by atoms with E-state index in [1.54, 1.807) is 24.3 Å². The van der Waals surface area contributed by atoms with Gasteiger partial charge in [0.2, 0.25) is 0 Å². The van der Waals surface area contributed by atoms with E-state index < -0.39 is 18.2 Å². The maximum atomic E-state index is 13.0. The molecule has 1 aliphatic carbocycles. The molecule has 5 nitrogen and oxygen atoms in total. The summed E-state index contributed by atoms with van der Waals surface area (Å²) in [5, 5.41) is 3.04. The number of Topliss-reactive ketones (excluding diaryl/α,β-unsaturated/α-hetero) is 1. The van der Waals surface area contributed by atoms with Gasteiger partial charge >= 0.3 is 0 Å². The third-order valence-corrected chi connectivity index (χ3v) is 5.56. The number of amides is 1. The van der Waals surface area contributed by atoms with Crippen molar-refractivity contribution in [2.45, 2.75) is 57.4 Å². The van der Waals surface area contributed by atoms with Gasteiger partial charge in [0.1, 0.15) is 0 Å². The van der Waals surface area contributed by atoms with Gasteiger partial charge in [-0.3, -0.25) is 9.59 Å². The molecule has 0 fully saturated rings. The number of rotatable bonds is 8. The van der Waals surface area contributed by atoms with Gasteiger partial charge < -0.3 is 15.8 Å². The summed E-state index contributed by atoms with van der Waals surface area (Å²) in [6.07, 6.45) is 3.49. The normalized spacial score (nSPS) is 21.2. The molecule has 0 aromatic heterocycles. The maximum Gasteiger partial charge on any atom is 0.251 e. The predicted molar refractivity (Wildman–Crippen MR) is 118 cm³/mol. The number of carbonyl (C=O) groups excluding carboxylic acids is 2. The van der Waals surface area contributed by atoms with Gasteiger partial charge in [0.05, 0.1) is 18.2 Å². The first-order valence-electron chi connectivity index (χ1n) is 10.6. The van der Waals surface area contributed by atoms with Crippen molar-refractivity contribution in [1.29, 1.82) is 0 Å². The molecule has 0 saturated heterocycles. The summed E-state index contributed by atoms with van der Waals surface area (Å²) in [6.45, 7) is 4.13. The number of ketones is 1. The Labute approximate surface area is 178 Å². The number of hydrogen-bond donors (Lipinski definition) is 2. The molecule has 3 N–H and O–H groups in total. The van der Waals surface area contributed by atoms with Crippen molar-refractivity contribution in [2.24, 2.45) is 5.73 Å². The first kappa shape index (κ1) is 21.9. The van der Waals surface area contributed by atoms with Crippen LogP contribution in [0.15, 0.2) is 72.3 Å². The van der Waals surface area contributed by atoms with E-state index in [2.05, 4.69) is 19.2 Å². The second-order valence-corrected chi connectivity index (χ2v) is 7.66. The Hall–Kier alpha value is -2.76. The van der Waals surface area contributed by atoms with Crippen molar-refractivity contribution in [3.05, 3.63) is 83.4 Å². The molecule has 3 rings (SSSR count). The Balaban J connectivity index is 1.86.